The molecule has 4 nitrogen and oxygen atoms in total. The standard InChI is InChI=1S/C11H12N2O2/c1-6(2)9-10(14)7-5-12-4-3-8(7)13-11(9)15/h3-6H,1-2H3,(H2,13,14,15). The van der Waals surface area contributed by atoms with Crippen molar-refractivity contribution in [1.82, 2.24) is 9.97 Å². The maximum absolute atomic E-state index is 11.7. The second-order valence-corrected chi connectivity index (χ2v) is 3.79. The first kappa shape index (κ1) is 9.71. The summed E-state index contributed by atoms with van der Waals surface area (Å²) in [4.78, 5) is 18.3. The lowest BCUT2D eigenvalue weighted by Gasteiger charge is -2.09. The minimum atomic E-state index is -0.235. The predicted octanol–water partition coefficient (Wildman–Crippen LogP) is 1.75. The number of rotatable bonds is 1. The Hall–Kier alpha value is -1.84. The van der Waals surface area contributed by atoms with Gasteiger partial charge in [0.15, 0.2) is 0 Å². The molecule has 0 atom stereocenters. The summed E-state index contributed by atoms with van der Waals surface area (Å²) in [6.45, 7) is 3.74. The third-order valence-electron chi connectivity index (χ3n) is 2.40. The quantitative estimate of drug-likeness (QED) is 0.743. The van der Waals surface area contributed by atoms with Crippen molar-refractivity contribution in [3.8, 4) is 5.75 Å². The SMILES string of the molecule is CC(C)c1c(O)c2cnccc2[nH]c1=O. The number of aromatic hydroxyl groups is 1. The van der Waals surface area contributed by atoms with Gasteiger partial charge < -0.3 is 10.1 Å². The average molecular weight is 204 g/mol. The second kappa shape index (κ2) is 3.38. The summed E-state index contributed by atoms with van der Waals surface area (Å²) in [5.41, 5.74) is 0.786. The summed E-state index contributed by atoms with van der Waals surface area (Å²) < 4.78 is 0. The van der Waals surface area contributed by atoms with Crippen LogP contribution in [0.5, 0.6) is 5.75 Å². The molecule has 0 aromatic carbocycles. The molecular formula is C11H12N2O2. The van der Waals surface area contributed by atoms with Gasteiger partial charge in [0.05, 0.1) is 16.5 Å². The number of aromatic amines is 1. The van der Waals surface area contributed by atoms with Gasteiger partial charge >= 0.3 is 0 Å². The lowest BCUT2D eigenvalue weighted by atomic mass is 10.0. The molecule has 15 heavy (non-hydrogen) atoms. The minimum Gasteiger partial charge on any atom is -0.507 e. The van der Waals surface area contributed by atoms with E-state index >= 15 is 0 Å². The van der Waals surface area contributed by atoms with Crippen molar-refractivity contribution in [2.45, 2.75) is 19.8 Å². The average Bonchev–Trinajstić information content (AvgIpc) is 2.17. The van der Waals surface area contributed by atoms with Gasteiger partial charge in [-0.15, -0.1) is 0 Å². The molecule has 0 saturated heterocycles. The molecule has 0 aliphatic heterocycles. The highest BCUT2D eigenvalue weighted by molar-refractivity contribution is 5.84. The van der Waals surface area contributed by atoms with E-state index in [0.29, 0.717) is 16.5 Å². The monoisotopic (exact) mass is 204 g/mol. The van der Waals surface area contributed by atoms with Gasteiger partial charge in [-0.1, -0.05) is 13.8 Å². The van der Waals surface area contributed by atoms with Crippen LogP contribution >= 0.6 is 0 Å². The number of hydrogen-bond donors (Lipinski definition) is 2. The van der Waals surface area contributed by atoms with Gasteiger partial charge in [-0.2, -0.15) is 0 Å². The highest BCUT2D eigenvalue weighted by Gasteiger charge is 2.14. The summed E-state index contributed by atoms with van der Waals surface area (Å²) in [5, 5.41) is 10.5. The van der Waals surface area contributed by atoms with Crippen LogP contribution in [0, 0.1) is 0 Å². The number of aromatic nitrogens is 2. The fourth-order valence-corrected chi connectivity index (χ4v) is 1.67. The van der Waals surface area contributed by atoms with Crippen LogP contribution in [0.3, 0.4) is 0 Å². The van der Waals surface area contributed by atoms with E-state index in [9.17, 15) is 9.90 Å². The third-order valence-corrected chi connectivity index (χ3v) is 2.40. The van der Waals surface area contributed by atoms with Crippen LogP contribution in [0.4, 0.5) is 0 Å². The van der Waals surface area contributed by atoms with Crippen LogP contribution in [0.15, 0.2) is 23.3 Å². The van der Waals surface area contributed by atoms with Gasteiger partial charge in [0.2, 0.25) is 0 Å². The van der Waals surface area contributed by atoms with E-state index in [1.54, 1.807) is 18.5 Å². The summed E-state index contributed by atoms with van der Waals surface area (Å²) >= 11 is 0. The van der Waals surface area contributed by atoms with Crippen molar-refractivity contribution in [2.24, 2.45) is 0 Å². The molecule has 78 valence electrons. The zero-order valence-electron chi connectivity index (χ0n) is 8.61. The Kier molecular flexibility index (Phi) is 2.19. The van der Waals surface area contributed by atoms with Crippen molar-refractivity contribution in [2.75, 3.05) is 0 Å². The maximum atomic E-state index is 11.7. The molecule has 0 unspecified atom stereocenters. The van der Waals surface area contributed by atoms with Gasteiger partial charge in [-0.3, -0.25) is 9.78 Å². The first-order valence-electron chi connectivity index (χ1n) is 4.80. The van der Waals surface area contributed by atoms with Crippen molar-refractivity contribution >= 4 is 10.9 Å². The predicted molar refractivity (Wildman–Crippen MR) is 58.1 cm³/mol. The number of hydrogen-bond acceptors (Lipinski definition) is 3. The molecule has 2 rings (SSSR count). The van der Waals surface area contributed by atoms with Crippen LogP contribution in [0.1, 0.15) is 25.3 Å². The Morgan fingerprint density at radius 1 is 1.47 bits per heavy atom. The molecule has 0 saturated carbocycles. The fraction of sp³-hybridized carbons (Fsp3) is 0.273. The van der Waals surface area contributed by atoms with Gasteiger partial charge in [-0.25, -0.2) is 0 Å². The molecule has 0 radical (unpaired) electrons. The van der Waals surface area contributed by atoms with Gasteiger partial charge in [-0.05, 0) is 12.0 Å². The Balaban J connectivity index is 2.90. The number of fused-ring (bicyclic) bond motifs is 1. The molecule has 0 bridgehead atoms. The Morgan fingerprint density at radius 2 is 2.20 bits per heavy atom. The molecular weight excluding hydrogens is 192 g/mol. The van der Waals surface area contributed by atoms with Crippen molar-refractivity contribution in [1.29, 1.82) is 0 Å². The zero-order chi connectivity index (χ0) is 11.0. The topological polar surface area (TPSA) is 66.0 Å². The zero-order valence-corrected chi connectivity index (χ0v) is 8.61. The highest BCUT2D eigenvalue weighted by Crippen LogP contribution is 2.28. The van der Waals surface area contributed by atoms with E-state index in [1.165, 1.54) is 0 Å². The van der Waals surface area contributed by atoms with Crippen molar-refractivity contribution < 1.29 is 5.11 Å². The fourth-order valence-electron chi connectivity index (χ4n) is 1.67. The van der Waals surface area contributed by atoms with Crippen molar-refractivity contribution in [3.63, 3.8) is 0 Å². The van der Waals surface area contributed by atoms with E-state index in [2.05, 4.69) is 9.97 Å². The van der Waals surface area contributed by atoms with E-state index < -0.39 is 0 Å². The van der Waals surface area contributed by atoms with Crippen LogP contribution in [0.25, 0.3) is 10.9 Å². The Labute approximate surface area is 86.6 Å². The molecule has 0 aliphatic rings. The lowest BCUT2D eigenvalue weighted by Crippen LogP contribution is -2.14. The van der Waals surface area contributed by atoms with Crippen LogP contribution in [-0.4, -0.2) is 15.1 Å². The molecule has 0 amide bonds. The number of pyridine rings is 2. The largest absolute Gasteiger partial charge is 0.507 e. The minimum absolute atomic E-state index is 0.0154. The third kappa shape index (κ3) is 1.48. The summed E-state index contributed by atoms with van der Waals surface area (Å²) in [7, 11) is 0. The summed E-state index contributed by atoms with van der Waals surface area (Å²) in [5.74, 6) is 0.0233. The second-order valence-electron chi connectivity index (χ2n) is 3.79. The highest BCUT2D eigenvalue weighted by atomic mass is 16.3. The maximum Gasteiger partial charge on any atom is 0.255 e. The smallest absolute Gasteiger partial charge is 0.255 e. The molecule has 4 heteroatoms. The van der Waals surface area contributed by atoms with Gasteiger partial charge in [0.1, 0.15) is 5.75 Å². The Bertz CT molecular complexity index is 558. The lowest BCUT2D eigenvalue weighted by molar-refractivity contribution is 0.469. The molecule has 2 N–H and O–H groups in total. The van der Waals surface area contributed by atoms with E-state index in [4.69, 9.17) is 0 Å². The van der Waals surface area contributed by atoms with E-state index in [1.807, 2.05) is 13.8 Å². The summed E-state index contributed by atoms with van der Waals surface area (Å²) in [6.07, 6.45) is 3.12. The molecule has 2 aromatic rings. The first-order chi connectivity index (χ1) is 7.11. The van der Waals surface area contributed by atoms with Gasteiger partial charge in [0, 0.05) is 12.4 Å². The first-order valence-corrected chi connectivity index (χ1v) is 4.80. The molecule has 0 spiro atoms. The normalized spacial score (nSPS) is 11.1. The Morgan fingerprint density at radius 3 is 2.87 bits per heavy atom. The summed E-state index contributed by atoms with van der Waals surface area (Å²) in [6, 6.07) is 1.67. The van der Waals surface area contributed by atoms with Gasteiger partial charge in [0.25, 0.3) is 5.56 Å². The molecule has 2 heterocycles. The number of nitrogens with one attached hydrogen (secondary N) is 1. The van der Waals surface area contributed by atoms with E-state index in [0.717, 1.165) is 0 Å². The van der Waals surface area contributed by atoms with Crippen LogP contribution in [0.2, 0.25) is 0 Å². The van der Waals surface area contributed by atoms with E-state index in [-0.39, 0.29) is 17.2 Å². The molecule has 0 fully saturated rings. The molecule has 0 aliphatic carbocycles. The van der Waals surface area contributed by atoms with Crippen molar-refractivity contribution in [3.05, 3.63) is 34.4 Å². The molecule has 2 aromatic heterocycles. The number of H-pyrrole nitrogens is 1. The van der Waals surface area contributed by atoms with Crippen LogP contribution < -0.4 is 5.56 Å². The van der Waals surface area contributed by atoms with Crippen LogP contribution in [-0.2, 0) is 0 Å². The number of nitrogens with zero attached hydrogens (tertiary/aromatic N) is 1.